The monoisotopic (exact) mass is 196 g/mol. The van der Waals surface area contributed by atoms with Gasteiger partial charge in [0.05, 0.1) is 7.11 Å². The third-order valence-corrected chi connectivity index (χ3v) is 2.93. The van der Waals surface area contributed by atoms with Gasteiger partial charge in [0.15, 0.2) is 0 Å². The molecule has 0 aromatic heterocycles. The van der Waals surface area contributed by atoms with Gasteiger partial charge in [-0.1, -0.05) is 19.1 Å². The van der Waals surface area contributed by atoms with E-state index in [9.17, 15) is 0 Å². The molecular weight excluding hydrogens is 180 g/mol. The maximum atomic E-state index is 5.10. The van der Waals surface area contributed by atoms with Crippen molar-refractivity contribution in [1.82, 2.24) is 0 Å². The zero-order valence-corrected chi connectivity index (χ0v) is 9.23. The summed E-state index contributed by atoms with van der Waals surface area (Å²) in [5.41, 5.74) is 1.38. The molecule has 0 aliphatic carbocycles. The highest BCUT2D eigenvalue weighted by Gasteiger charge is 2.03. The molecule has 0 fully saturated rings. The summed E-state index contributed by atoms with van der Waals surface area (Å²) in [6.45, 7) is 2.25. The zero-order valence-electron chi connectivity index (χ0n) is 8.41. The third kappa shape index (κ3) is 2.96. The third-order valence-electron chi connectivity index (χ3n) is 2.10. The van der Waals surface area contributed by atoms with Gasteiger partial charge in [-0.3, -0.25) is 0 Å². The van der Waals surface area contributed by atoms with E-state index in [2.05, 4.69) is 25.3 Å². The predicted octanol–water partition coefficient (Wildman–Crippen LogP) is 3.16. The van der Waals surface area contributed by atoms with Gasteiger partial charge < -0.3 is 4.74 Å². The van der Waals surface area contributed by atoms with Crippen LogP contribution in [0.4, 0.5) is 0 Å². The molecule has 1 nitrogen and oxygen atoms in total. The van der Waals surface area contributed by atoms with Crippen molar-refractivity contribution in [3.05, 3.63) is 29.8 Å². The van der Waals surface area contributed by atoms with Crippen LogP contribution < -0.4 is 4.74 Å². The maximum absolute atomic E-state index is 5.10. The van der Waals surface area contributed by atoms with Gasteiger partial charge >= 0.3 is 0 Å². The van der Waals surface area contributed by atoms with Crippen LogP contribution in [0.3, 0.4) is 0 Å². The number of thioether (sulfide) groups is 1. The lowest BCUT2D eigenvalue weighted by Gasteiger charge is -2.10. The average molecular weight is 196 g/mol. The van der Waals surface area contributed by atoms with Crippen molar-refractivity contribution in [3.8, 4) is 5.75 Å². The molecule has 1 rings (SSSR count). The highest BCUT2D eigenvalue weighted by Crippen LogP contribution is 2.21. The van der Waals surface area contributed by atoms with E-state index in [0.29, 0.717) is 5.92 Å². The Kier molecular flexibility index (Phi) is 4.16. The Balaban J connectivity index is 2.67. The number of hydrogen-bond acceptors (Lipinski definition) is 2. The maximum Gasteiger partial charge on any atom is 0.118 e. The summed E-state index contributed by atoms with van der Waals surface area (Å²) in [7, 11) is 1.69. The van der Waals surface area contributed by atoms with Crippen molar-refractivity contribution >= 4 is 11.8 Å². The SMILES string of the molecule is COc1ccc(C(C)CSC)cc1. The number of hydrogen-bond donors (Lipinski definition) is 0. The van der Waals surface area contributed by atoms with Crippen molar-refractivity contribution in [3.63, 3.8) is 0 Å². The second-order valence-electron chi connectivity index (χ2n) is 3.13. The molecule has 0 N–H and O–H groups in total. The van der Waals surface area contributed by atoms with Gasteiger partial charge in [-0.15, -0.1) is 0 Å². The standard InChI is InChI=1S/C11H16OS/c1-9(8-13-3)10-4-6-11(12-2)7-5-10/h4-7,9H,8H2,1-3H3. The van der Waals surface area contributed by atoms with Crippen LogP contribution >= 0.6 is 11.8 Å². The molecule has 0 radical (unpaired) electrons. The first-order valence-electron chi connectivity index (χ1n) is 4.40. The first-order chi connectivity index (χ1) is 6.27. The molecule has 0 aliphatic heterocycles. The molecule has 0 amide bonds. The molecule has 0 bridgehead atoms. The Hall–Kier alpha value is -0.630. The van der Waals surface area contributed by atoms with Gasteiger partial charge in [-0.05, 0) is 35.6 Å². The number of rotatable bonds is 4. The Morgan fingerprint density at radius 3 is 2.38 bits per heavy atom. The van der Waals surface area contributed by atoms with Crippen LogP contribution in [0.1, 0.15) is 18.4 Å². The fourth-order valence-corrected chi connectivity index (χ4v) is 1.97. The summed E-state index contributed by atoms with van der Waals surface area (Å²) >= 11 is 1.88. The van der Waals surface area contributed by atoms with Crippen molar-refractivity contribution in [2.45, 2.75) is 12.8 Å². The molecular formula is C11H16OS. The van der Waals surface area contributed by atoms with Gasteiger partial charge in [0.2, 0.25) is 0 Å². The van der Waals surface area contributed by atoms with Crippen LogP contribution in [0.5, 0.6) is 5.75 Å². The summed E-state index contributed by atoms with van der Waals surface area (Å²) in [6, 6.07) is 8.32. The molecule has 0 aliphatic rings. The topological polar surface area (TPSA) is 9.23 Å². The second-order valence-corrected chi connectivity index (χ2v) is 4.04. The lowest BCUT2D eigenvalue weighted by atomic mass is 10.0. The van der Waals surface area contributed by atoms with Crippen molar-refractivity contribution in [2.75, 3.05) is 19.1 Å². The molecule has 72 valence electrons. The fourth-order valence-electron chi connectivity index (χ4n) is 1.28. The van der Waals surface area contributed by atoms with Crippen LogP contribution in [0.15, 0.2) is 24.3 Å². The van der Waals surface area contributed by atoms with E-state index in [1.54, 1.807) is 7.11 Å². The Labute approximate surface area is 84.5 Å². The summed E-state index contributed by atoms with van der Waals surface area (Å²) in [5, 5.41) is 0. The lowest BCUT2D eigenvalue weighted by Crippen LogP contribution is -1.96. The van der Waals surface area contributed by atoms with E-state index >= 15 is 0 Å². The van der Waals surface area contributed by atoms with Crippen molar-refractivity contribution in [1.29, 1.82) is 0 Å². The van der Waals surface area contributed by atoms with Gasteiger partial charge in [0, 0.05) is 0 Å². The molecule has 0 heterocycles. The minimum absolute atomic E-state index is 0.626. The molecule has 1 atom stereocenters. The van der Waals surface area contributed by atoms with Crippen LogP contribution in [0.25, 0.3) is 0 Å². The van der Waals surface area contributed by atoms with Gasteiger partial charge in [-0.2, -0.15) is 11.8 Å². The molecule has 0 saturated carbocycles. The van der Waals surface area contributed by atoms with Gasteiger partial charge in [0.25, 0.3) is 0 Å². The second kappa shape index (κ2) is 5.18. The Bertz CT molecular complexity index is 243. The average Bonchev–Trinajstić information content (AvgIpc) is 2.18. The largest absolute Gasteiger partial charge is 0.497 e. The highest BCUT2D eigenvalue weighted by molar-refractivity contribution is 7.98. The summed E-state index contributed by atoms with van der Waals surface area (Å²) in [6.07, 6.45) is 2.14. The molecule has 2 heteroatoms. The first kappa shape index (κ1) is 10.5. The Morgan fingerprint density at radius 2 is 1.92 bits per heavy atom. The molecule has 0 spiro atoms. The van der Waals surface area contributed by atoms with E-state index in [-0.39, 0.29) is 0 Å². The van der Waals surface area contributed by atoms with Gasteiger partial charge in [0.1, 0.15) is 5.75 Å². The van der Waals surface area contributed by atoms with E-state index in [0.717, 1.165) is 5.75 Å². The van der Waals surface area contributed by atoms with Crippen molar-refractivity contribution in [2.24, 2.45) is 0 Å². The molecule has 1 unspecified atom stereocenters. The van der Waals surface area contributed by atoms with E-state index < -0.39 is 0 Å². The van der Waals surface area contributed by atoms with Crippen LogP contribution in [0.2, 0.25) is 0 Å². The van der Waals surface area contributed by atoms with Crippen LogP contribution in [0, 0.1) is 0 Å². The number of benzene rings is 1. The number of ether oxygens (including phenoxy) is 1. The predicted molar refractivity (Wildman–Crippen MR) is 59.8 cm³/mol. The Morgan fingerprint density at radius 1 is 1.31 bits per heavy atom. The number of methoxy groups -OCH3 is 1. The summed E-state index contributed by atoms with van der Waals surface area (Å²) < 4.78 is 5.10. The van der Waals surface area contributed by atoms with Crippen LogP contribution in [-0.4, -0.2) is 19.1 Å². The minimum Gasteiger partial charge on any atom is -0.497 e. The molecule has 0 saturated heterocycles. The van der Waals surface area contributed by atoms with E-state index in [4.69, 9.17) is 4.74 Å². The minimum atomic E-state index is 0.626. The normalized spacial score (nSPS) is 12.5. The highest BCUT2D eigenvalue weighted by atomic mass is 32.2. The molecule has 13 heavy (non-hydrogen) atoms. The van der Waals surface area contributed by atoms with Gasteiger partial charge in [-0.25, -0.2) is 0 Å². The molecule has 1 aromatic carbocycles. The van der Waals surface area contributed by atoms with Crippen molar-refractivity contribution < 1.29 is 4.74 Å². The zero-order chi connectivity index (χ0) is 9.68. The molecule has 1 aromatic rings. The van der Waals surface area contributed by atoms with E-state index in [1.165, 1.54) is 11.3 Å². The quantitative estimate of drug-likeness (QED) is 0.731. The summed E-state index contributed by atoms with van der Waals surface area (Å²) in [4.78, 5) is 0. The van der Waals surface area contributed by atoms with E-state index in [1.807, 2.05) is 23.9 Å². The van der Waals surface area contributed by atoms with Crippen LogP contribution in [-0.2, 0) is 0 Å². The summed E-state index contributed by atoms with van der Waals surface area (Å²) in [5.74, 6) is 2.73. The fraction of sp³-hybridized carbons (Fsp3) is 0.455. The first-order valence-corrected chi connectivity index (χ1v) is 5.80. The smallest absolute Gasteiger partial charge is 0.118 e. The lowest BCUT2D eigenvalue weighted by molar-refractivity contribution is 0.414.